The fourth-order valence-corrected chi connectivity index (χ4v) is 2.65. The van der Waals surface area contributed by atoms with Crippen LogP contribution in [0.25, 0.3) is 0 Å². The number of nitrogens with zero attached hydrogens (tertiary/aromatic N) is 2. The Morgan fingerprint density at radius 3 is 2.62 bits per heavy atom. The Balaban J connectivity index is 2.37. The number of halogens is 2. The Hall–Kier alpha value is -1.18. The fraction of sp³-hybridized carbons (Fsp3) is 0.667. The summed E-state index contributed by atoms with van der Waals surface area (Å²) in [5.41, 5.74) is -0.0567. The molecule has 9 heteroatoms. The van der Waals surface area contributed by atoms with Crippen LogP contribution in [-0.4, -0.2) is 48.8 Å². The molecule has 0 aromatic heterocycles. The van der Waals surface area contributed by atoms with Gasteiger partial charge in [-0.2, -0.15) is 0 Å². The van der Waals surface area contributed by atoms with E-state index in [1.165, 1.54) is 0 Å². The van der Waals surface area contributed by atoms with Crippen LogP contribution in [0.15, 0.2) is 21.8 Å². The van der Waals surface area contributed by atoms with Crippen molar-refractivity contribution in [2.75, 3.05) is 32.9 Å². The van der Waals surface area contributed by atoms with Crippen LogP contribution in [0.5, 0.6) is 0 Å². The summed E-state index contributed by atoms with van der Waals surface area (Å²) in [6, 6.07) is 0.0509. The van der Waals surface area contributed by atoms with Crippen molar-refractivity contribution in [1.82, 2.24) is 10.2 Å². The van der Waals surface area contributed by atoms with Crippen molar-refractivity contribution < 1.29 is 14.4 Å². The summed E-state index contributed by atoms with van der Waals surface area (Å²) in [4.78, 5) is 12.7. The average Bonchev–Trinajstić information content (AvgIpc) is 2.93. The number of hydrogen-bond donors (Lipinski definition) is 1. The Morgan fingerprint density at radius 2 is 2.14 bits per heavy atom. The van der Waals surface area contributed by atoms with Gasteiger partial charge in [0.15, 0.2) is 5.70 Å². The second kappa shape index (κ2) is 7.20. The van der Waals surface area contributed by atoms with Crippen LogP contribution < -0.4 is 5.32 Å². The molecule has 2 rings (SSSR count). The van der Waals surface area contributed by atoms with E-state index in [0.29, 0.717) is 32.9 Å². The first-order chi connectivity index (χ1) is 10.0. The Kier molecular flexibility index (Phi) is 5.55. The maximum absolute atomic E-state index is 11.5. The molecule has 0 aliphatic carbocycles. The van der Waals surface area contributed by atoms with Gasteiger partial charge in [0.1, 0.15) is 11.1 Å². The van der Waals surface area contributed by atoms with Gasteiger partial charge in [0.05, 0.1) is 24.2 Å². The van der Waals surface area contributed by atoms with E-state index in [2.05, 4.69) is 5.32 Å². The molecule has 0 saturated carbocycles. The van der Waals surface area contributed by atoms with Crippen LogP contribution in [0, 0.1) is 10.1 Å². The van der Waals surface area contributed by atoms with Gasteiger partial charge in [-0.15, -0.1) is 0 Å². The molecule has 0 bridgehead atoms. The van der Waals surface area contributed by atoms with Gasteiger partial charge >= 0.3 is 5.70 Å². The summed E-state index contributed by atoms with van der Waals surface area (Å²) >= 11 is 11.8. The van der Waals surface area contributed by atoms with Gasteiger partial charge < -0.3 is 19.7 Å². The number of hydrogen-bond acceptors (Lipinski definition) is 6. The molecule has 1 N–H and O–H groups in total. The van der Waals surface area contributed by atoms with Crippen LogP contribution in [0.3, 0.4) is 0 Å². The molecule has 0 spiro atoms. The Labute approximate surface area is 132 Å². The molecule has 0 aromatic carbocycles. The van der Waals surface area contributed by atoms with Crippen molar-refractivity contribution in [1.29, 1.82) is 0 Å². The molecular formula is C12H17Cl2N3O4. The first-order valence-electron chi connectivity index (χ1n) is 6.71. The molecule has 2 heterocycles. The molecule has 2 aliphatic heterocycles. The average molecular weight is 338 g/mol. The second-order valence-corrected chi connectivity index (χ2v) is 5.65. The van der Waals surface area contributed by atoms with Crippen LogP contribution in [0.4, 0.5) is 0 Å². The minimum Gasteiger partial charge on any atom is -0.472 e. The quantitative estimate of drug-likeness (QED) is 0.622. The molecule has 2 aliphatic rings. The number of ether oxygens (including phenoxy) is 2. The zero-order chi connectivity index (χ0) is 15.4. The lowest BCUT2D eigenvalue weighted by molar-refractivity contribution is -0.426. The van der Waals surface area contributed by atoms with E-state index in [1.807, 2.05) is 6.92 Å². The zero-order valence-electron chi connectivity index (χ0n) is 11.6. The standard InChI is InChI=1S/C12H17Cl2N3O4/c1-2-8-7-21-12(15-8)10(17(18)19)9(11(13)14)16-3-5-20-6-4-16/h8,15H,2-7H2,1H3. The minimum absolute atomic E-state index is 0.0509. The summed E-state index contributed by atoms with van der Waals surface area (Å²) in [5.74, 6) is 0.118. The van der Waals surface area contributed by atoms with E-state index in [0.717, 1.165) is 6.42 Å². The van der Waals surface area contributed by atoms with E-state index >= 15 is 0 Å². The normalized spacial score (nSPS) is 24.1. The third-order valence-corrected chi connectivity index (χ3v) is 3.74. The number of nitrogens with one attached hydrogen (secondary N) is 1. The lowest BCUT2D eigenvalue weighted by Gasteiger charge is -2.29. The van der Waals surface area contributed by atoms with Gasteiger partial charge in [-0.25, -0.2) is 0 Å². The highest BCUT2D eigenvalue weighted by Crippen LogP contribution is 2.29. The predicted molar refractivity (Wildman–Crippen MR) is 78.3 cm³/mol. The van der Waals surface area contributed by atoms with Crippen molar-refractivity contribution in [3.05, 3.63) is 31.9 Å². The zero-order valence-corrected chi connectivity index (χ0v) is 13.1. The summed E-state index contributed by atoms with van der Waals surface area (Å²) in [6.45, 7) is 4.27. The van der Waals surface area contributed by atoms with E-state index in [-0.39, 0.29) is 27.8 Å². The van der Waals surface area contributed by atoms with Crippen molar-refractivity contribution in [3.63, 3.8) is 0 Å². The third kappa shape index (κ3) is 3.72. The third-order valence-electron chi connectivity index (χ3n) is 3.39. The predicted octanol–water partition coefficient (Wildman–Crippen LogP) is 1.81. The summed E-state index contributed by atoms with van der Waals surface area (Å²) < 4.78 is 10.5. The molecule has 0 amide bonds. The molecule has 1 unspecified atom stereocenters. The maximum Gasteiger partial charge on any atom is 0.354 e. The summed E-state index contributed by atoms with van der Waals surface area (Å²) in [7, 11) is 0. The largest absolute Gasteiger partial charge is 0.472 e. The van der Waals surface area contributed by atoms with Gasteiger partial charge in [0, 0.05) is 13.1 Å². The smallest absolute Gasteiger partial charge is 0.354 e. The van der Waals surface area contributed by atoms with E-state index in [9.17, 15) is 10.1 Å². The number of rotatable bonds is 4. The highest BCUT2D eigenvalue weighted by molar-refractivity contribution is 6.56. The number of morpholine rings is 1. The first-order valence-corrected chi connectivity index (χ1v) is 7.46. The topological polar surface area (TPSA) is 76.9 Å². The summed E-state index contributed by atoms with van der Waals surface area (Å²) in [5, 5.41) is 14.5. The molecule has 2 fully saturated rings. The van der Waals surface area contributed by atoms with Crippen molar-refractivity contribution in [2.24, 2.45) is 0 Å². The molecule has 0 radical (unpaired) electrons. The lowest BCUT2D eigenvalue weighted by atomic mass is 10.2. The second-order valence-electron chi connectivity index (χ2n) is 4.70. The number of nitro groups is 1. The lowest BCUT2D eigenvalue weighted by Crippen LogP contribution is -2.38. The van der Waals surface area contributed by atoms with Crippen LogP contribution in [-0.2, 0) is 9.47 Å². The molecule has 0 aromatic rings. The van der Waals surface area contributed by atoms with Crippen LogP contribution >= 0.6 is 23.2 Å². The molecule has 2 saturated heterocycles. The molecule has 7 nitrogen and oxygen atoms in total. The molecule has 1 atom stereocenters. The molecule has 21 heavy (non-hydrogen) atoms. The molecular weight excluding hydrogens is 321 g/mol. The van der Waals surface area contributed by atoms with Gasteiger partial charge in [-0.05, 0) is 6.42 Å². The SMILES string of the molecule is CCC1COC(=C(C(=C(Cl)Cl)N2CCOCC2)[N+](=O)[O-])N1. The van der Waals surface area contributed by atoms with Crippen molar-refractivity contribution >= 4 is 23.2 Å². The van der Waals surface area contributed by atoms with Crippen LogP contribution in [0.2, 0.25) is 0 Å². The first kappa shape index (κ1) is 16.2. The molecule has 118 valence electrons. The van der Waals surface area contributed by atoms with Gasteiger partial charge in [0.25, 0.3) is 5.88 Å². The Bertz CT molecular complexity index is 471. The minimum atomic E-state index is -0.518. The van der Waals surface area contributed by atoms with Gasteiger partial charge in [-0.3, -0.25) is 10.1 Å². The maximum atomic E-state index is 11.5. The van der Waals surface area contributed by atoms with Gasteiger partial charge in [-0.1, -0.05) is 30.1 Å². The van der Waals surface area contributed by atoms with E-state index in [1.54, 1.807) is 4.90 Å². The fourth-order valence-electron chi connectivity index (χ4n) is 2.23. The summed E-state index contributed by atoms with van der Waals surface area (Å²) in [6.07, 6.45) is 0.805. The Morgan fingerprint density at radius 1 is 1.48 bits per heavy atom. The van der Waals surface area contributed by atoms with Gasteiger partial charge in [0.2, 0.25) is 0 Å². The van der Waals surface area contributed by atoms with Crippen molar-refractivity contribution in [2.45, 2.75) is 19.4 Å². The van der Waals surface area contributed by atoms with Crippen molar-refractivity contribution in [3.8, 4) is 0 Å². The van der Waals surface area contributed by atoms with E-state index in [4.69, 9.17) is 32.7 Å². The highest BCUT2D eigenvalue weighted by Gasteiger charge is 2.36. The van der Waals surface area contributed by atoms with Crippen LogP contribution in [0.1, 0.15) is 13.3 Å². The monoisotopic (exact) mass is 337 g/mol. The van der Waals surface area contributed by atoms with E-state index < -0.39 is 4.92 Å². The highest BCUT2D eigenvalue weighted by atomic mass is 35.5.